The zero-order chi connectivity index (χ0) is 19.6. The van der Waals surface area contributed by atoms with Gasteiger partial charge in [-0.3, -0.25) is 4.79 Å². The first-order chi connectivity index (χ1) is 12.8. The number of thioether (sulfide) groups is 1. The van der Waals surface area contributed by atoms with Crippen molar-refractivity contribution < 1.29 is 13.9 Å². The quantitative estimate of drug-likeness (QED) is 0.358. The number of hydrogen-bond acceptors (Lipinski definition) is 5. The third kappa shape index (κ3) is 4.61. The van der Waals surface area contributed by atoms with E-state index < -0.39 is 5.63 Å². The number of hydrogen-bond donors (Lipinski definition) is 0. The lowest BCUT2D eigenvalue weighted by Crippen LogP contribution is -2.09. The molecule has 0 atom stereocenters. The molecule has 0 bridgehead atoms. The Balaban J connectivity index is 1.70. The largest absolute Gasteiger partial charge is 0.460 e. The van der Waals surface area contributed by atoms with Crippen molar-refractivity contribution in [2.24, 2.45) is 0 Å². The fraction of sp³-hybridized carbons (Fsp3) is 0.273. The van der Waals surface area contributed by atoms with E-state index in [0.29, 0.717) is 11.1 Å². The van der Waals surface area contributed by atoms with Crippen LogP contribution in [0.15, 0.2) is 50.5 Å². The predicted octanol–water partition coefficient (Wildman–Crippen LogP) is 4.86. The van der Waals surface area contributed by atoms with Crippen molar-refractivity contribution in [1.29, 1.82) is 0 Å². The van der Waals surface area contributed by atoms with Gasteiger partial charge in [0.1, 0.15) is 12.2 Å². The van der Waals surface area contributed by atoms with Crippen LogP contribution in [0.25, 0.3) is 11.0 Å². The molecule has 4 nitrogen and oxygen atoms in total. The van der Waals surface area contributed by atoms with Crippen molar-refractivity contribution in [1.82, 2.24) is 0 Å². The Morgan fingerprint density at radius 3 is 2.48 bits per heavy atom. The fourth-order valence-corrected chi connectivity index (χ4v) is 3.71. The Labute approximate surface area is 162 Å². The van der Waals surface area contributed by atoms with Crippen LogP contribution in [0.5, 0.6) is 0 Å². The molecule has 0 saturated carbocycles. The highest BCUT2D eigenvalue weighted by molar-refractivity contribution is 8.00. The van der Waals surface area contributed by atoms with Gasteiger partial charge in [0.15, 0.2) is 0 Å². The average Bonchev–Trinajstić information content (AvgIpc) is 2.60. The van der Waals surface area contributed by atoms with Crippen LogP contribution >= 0.6 is 11.8 Å². The van der Waals surface area contributed by atoms with Gasteiger partial charge in [-0.1, -0.05) is 17.7 Å². The average molecular weight is 382 g/mol. The van der Waals surface area contributed by atoms with Crippen LogP contribution in [0.1, 0.15) is 27.8 Å². The van der Waals surface area contributed by atoms with Crippen LogP contribution in [-0.4, -0.2) is 11.7 Å². The molecule has 0 radical (unpaired) electrons. The van der Waals surface area contributed by atoms with E-state index in [9.17, 15) is 9.59 Å². The highest BCUT2D eigenvalue weighted by Crippen LogP contribution is 2.24. The number of ether oxygens (including phenoxy) is 1. The first-order valence-corrected chi connectivity index (χ1v) is 9.71. The second kappa shape index (κ2) is 8.01. The Kier molecular flexibility index (Phi) is 5.71. The van der Waals surface area contributed by atoms with Crippen LogP contribution in [0.4, 0.5) is 0 Å². The number of rotatable bonds is 5. The van der Waals surface area contributed by atoms with Gasteiger partial charge in [0.05, 0.1) is 5.75 Å². The van der Waals surface area contributed by atoms with Gasteiger partial charge >= 0.3 is 11.6 Å². The first kappa shape index (κ1) is 19.2. The van der Waals surface area contributed by atoms with Crippen molar-refractivity contribution >= 4 is 28.7 Å². The molecule has 0 N–H and O–H groups in total. The second-order valence-corrected chi connectivity index (χ2v) is 7.76. The predicted molar refractivity (Wildman–Crippen MR) is 108 cm³/mol. The maximum absolute atomic E-state index is 12.2. The van der Waals surface area contributed by atoms with E-state index in [-0.39, 0.29) is 18.3 Å². The van der Waals surface area contributed by atoms with Crippen molar-refractivity contribution in [2.75, 3.05) is 5.75 Å². The maximum atomic E-state index is 12.2. The molecule has 2 aromatic carbocycles. The summed E-state index contributed by atoms with van der Waals surface area (Å²) in [5, 5.41) is 0.799. The lowest BCUT2D eigenvalue weighted by Gasteiger charge is -2.10. The molecule has 0 spiro atoms. The van der Waals surface area contributed by atoms with Crippen LogP contribution in [0.2, 0.25) is 0 Å². The molecule has 0 aliphatic carbocycles. The van der Waals surface area contributed by atoms with Crippen molar-refractivity contribution in [3.8, 4) is 0 Å². The molecule has 1 heterocycles. The van der Waals surface area contributed by atoms with Crippen molar-refractivity contribution in [3.05, 3.63) is 74.6 Å². The third-order valence-corrected chi connectivity index (χ3v) is 5.66. The summed E-state index contributed by atoms with van der Waals surface area (Å²) in [6.45, 7) is 8.08. The molecule has 3 aromatic rings. The molecule has 1 aromatic heterocycles. The maximum Gasteiger partial charge on any atom is 0.336 e. The Bertz CT molecular complexity index is 1070. The summed E-state index contributed by atoms with van der Waals surface area (Å²) in [4.78, 5) is 25.0. The van der Waals surface area contributed by atoms with Gasteiger partial charge in [-0.05, 0) is 62.6 Å². The van der Waals surface area contributed by atoms with Gasteiger partial charge in [0.25, 0.3) is 0 Å². The van der Waals surface area contributed by atoms with Crippen LogP contribution in [0.3, 0.4) is 0 Å². The summed E-state index contributed by atoms with van der Waals surface area (Å²) in [6, 6.07) is 11.3. The van der Waals surface area contributed by atoms with E-state index in [4.69, 9.17) is 9.15 Å². The summed E-state index contributed by atoms with van der Waals surface area (Å²) >= 11 is 1.46. The molecule has 0 aliphatic rings. The van der Waals surface area contributed by atoms with Gasteiger partial charge in [0.2, 0.25) is 0 Å². The molecule has 0 unspecified atom stereocenters. The van der Waals surface area contributed by atoms with E-state index in [1.54, 1.807) is 0 Å². The van der Waals surface area contributed by atoms with Crippen LogP contribution in [0, 0.1) is 27.7 Å². The monoisotopic (exact) mass is 382 g/mol. The van der Waals surface area contributed by atoms with Crippen molar-refractivity contribution in [3.63, 3.8) is 0 Å². The Morgan fingerprint density at radius 1 is 1.00 bits per heavy atom. The molecule has 27 heavy (non-hydrogen) atoms. The fourth-order valence-electron chi connectivity index (χ4n) is 2.90. The first-order valence-electron chi connectivity index (χ1n) is 8.73. The molecule has 0 fully saturated rings. The molecule has 0 aliphatic heterocycles. The van der Waals surface area contributed by atoms with E-state index in [1.165, 1.54) is 23.4 Å². The summed E-state index contributed by atoms with van der Waals surface area (Å²) in [6.07, 6.45) is 0. The number of aryl methyl sites for hydroxylation is 4. The standard InChI is InChI=1S/C22H22O4S/c1-13-5-6-20(16(4)7-13)27-12-22(24)25-11-17-10-21(23)26-19-9-15(3)14(2)8-18(17)19/h5-10H,11-12H2,1-4H3. The van der Waals surface area contributed by atoms with E-state index in [1.807, 2.05) is 52.0 Å². The minimum Gasteiger partial charge on any atom is -0.460 e. The highest BCUT2D eigenvalue weighted by Gasteiger charge is 2.11. The number of carbonyl (C=O) groups excluding carboxylic acids is 1. The lowest BCUT2D eigenvalue weighted by molar-refractivity contribution is -0.141. The van der Waals surface area contributed by atoms with Gasteiger partial charge in [-0.25, -0.2) is 4.79 Å². The van der Waals surface area contributed by atoms with Crippen LogP contribution < -0.4 is 5.63 Å². The van der Waals surface area contributed by atoms with Gasteiger partial charge in [-0.2, -0.15) is 0 Å². The Hall–Kier alpha value is -2.53. The Morgan fingerprint density at radius 2 is 1.74 bits per heavy atom. The molecule has 140 valence electrons. The molecular weight excluding hydrogens is 360 g/mol. The molecule has 0 amide bonds. The summed E-state index contributed by atoms with van der Waals surface area (Å²) in [7, 11) is 0. The zero-order valence-corrected chi connectivity index (χ0v) is 16.7. The molecule has 0 saturated heterocycles. The van der Waals surface area contributed by atoms with Gasteiger partial charge < -0.3 is 9.15 Å². The van der Waals surface area contributed by atoms with E-state index >= 15 is 0 Å². The number of carbonyl (C=O) groups is 1. The normalized spacial score (nSPS) is 11.0. The van der Waals surface area contributed by atoms with Crippen molar-refractivity contribution in [2.45, 2.75) is 39.2 Å². The molecule has 5 heteroatoms. The second-order valence-electron chi connectivity index (χ2n) is 6.74. The summed E-state index contributed by atoms with van der Waals surface area (Å²) in [5.74, 6) is -0.0910. The van der Waals surface area contributed by atoms with Gasteiger partial charge in [-0.15, -0.1) is 11.8 Å². The number of benzene rings is 2. The highest BCUT2D eigenvalue weighted by atomic mass is 32.2. The minimum absolute atomic E-state index is 0.0525. The topological polar surface area (TPSA) is 56.5 Å². The summed E-state index contributed by atoms with van der Waals surface area (Å²) < 4.78 is 10.7. The molecule has 3 rings (SSSR count). The van der Waals surface area contributed by atoms with Gasteiger partial charge in [0, 0.05) is 21.9 Å². The molecular formula is C22H22O4S. The van der Waals surface area contributed by atoms with E-state index in [2.05, 4.69) is 6.07 Å². The number of esters is 1. The smallest absolute Gasteiger partial charge is 0.336 e. The number of fused-ring (bicyclic) bond motifs is 1. The summed E-state index contributed by atoms with van der Waals surface area (Å²) in [5.41, 5.74) is 5.21. The van der Waals surface area contributed by atoms with Crippen LogP contribution in [-0.2, 0) is 16.1 Å². The SMILES string of the molecule is Cc1ccc(SCC(=O)OCc2cc(=O)oc3cc(C)c(C)cc23)c(C)c1. The minimum atomic E-state index is -0.443. The lowest BCUT2D eigenvalue weighted by atomic mass is 10.0. The third-order valence-electron chi connectivity index (χ3n) is 4.51. The zero-order valence-electron chi connectivity index (χ0n) is 15.9. The van der Waals surface area contributed by atoms with E-state index in [0.717, 1.165) is 27.0 Å².